The number of hydrogen-bond acceptors (Lipinski definition) is 2. The molecule has 0 spiro atoms. The average Bonchev–Trinajstić information content (AvgIpc) is 2.39. The van der Waals surface area contributed by atoms with E-state index in [0.29, 0.717) is 17.3 Å². The summed E-state index contributed by atoms with van der Waals surface area (Å²) in [5.74, 6) is 0.260. The van der Waals surface area contributed by atoms with Crippen LogP contribution in [0.2, 0.25) is 5.02 Å². The van der Waals surface area contributed by atoms with Gasteiger partial charge in [-0.15, -0.1) is 0 Å². The molecule has 0 saturated carbocycles. The van der Waals surface area contributed by atoms with Crippen molar-refractivity contribution < 1.29 is 9.13 Å². The highest BCUT2D eigenvalue weighted by atomic mass is 35.5. The van der Waals surface area contributed by atoms with Crippen molar-refractivity contribution in [1.29, 1.82) is 0 Å². The van der Waals surface area contributed by atoms with Gasteiger partial charge in [-0.2, -0.15) is 0 Å². The van der Waals surface area contributed by atoms with Crippen LogP contribution in [-0.4, -0.2) is 6.54 Å². The first-order valence-corrected chi connectivity index (χ1v) is 5.95. The molecule has 18 heavy (non-hydrogen) atoms. The molecule has 2 N–H and O–H groups in total. The second kappa shape index (κ2) is 5.85. The van der Waals surface area contributed by atoms with Crippen LogP contribution < -0.4 is 10.5 Å². The van der Waals surface area contributed by atoms with Crippen molar-refractivity contribution in [3.05, 3.63) is 64.9 Å². The lowest BCUT2D eigenvalue weighted by Crippen LogP contribution is -2.18. The van der Waals surface area contributed by atoms with Crippen LogP contribution >= 0.6 is 11.6 Å². The van der Waals surface area contributed by atoms with Gasteiger partial charge in [-0.3, -0.25) is 0 Å². The molecule has 94 valence electrons. The fraction of sp³-hybridized carbons (Fsp3) is 0.143. The van der Waals surface area contributed by atoms with E-state index in [0.717, 1.165) is 5.56 Å². The van der Waals surface area contributed by atoms with E-state index in [1.807, 2.05) is 18.2 Å². The zero-order valence-corrected chi connectivity index (χ0v) is 10.4. The van der Waals surface area contributed by atoms with E-state index in [2.05, 4.69) is 0 Å². The maximum Gasteiger partial charge on any atom is 0.137 e. The fourth-order valence-electron chi connectivity index (χ4n) is 1.65. The van der Waals surface area contributed by atoms with Gasteiger partial charge in [-0.1, -0.05) is 29.8 Å². The molecule has 0 heterocycles. The normalized spacial score (nSPS) is 12.2. The van der Waals surface area contributed by atoms with Gasteiger partial charge in [0.2, 0.25) is 0 Å². The molecule has 1 unspecified atom stereocenters. The Morgan fingerprint density at radius 3 is 2.39 bits per heavy atom. The molecule has 0 saturated heterocycles. The van der Waals surface area contributed by atoms with Gasteiger partial charge in [0.15, 0.2) is 0 Å². The minimum absolute atomic E-state index is 0.293. The van der Waals surface area contributed by atoms with Crippen molar-refractivity contribution in [3.63, 3.8) is 0 Å². The van der Waals surface area contributed by atoms with Crippen molar-refractivity contribution in [3.8, 4) is 5.75 Å². The maximum absolute atomic E-state index is 12.8. The Hall–Kier alpha value is -1.58. The molecule has 1 atom stereocenters. The van der Waals surface area contributed by atoms with Gasteiger partial charge in [0.1, 0.15) is 17.7 Å². The monoisotopic (exact) mass is 265 g/mol. The third-order valence-electron chi connectivity index (χ3n) is 2.56. The highest BCUT2D eigenvalue weighted by molar-refractivity contribution is 6.31. The number of nitrogens with two attached hydrogens (primary N) is 1. The van der Waals surface area contributed by atoms with Crippen LogP contribution in [0.3, 0.4) is 0 Å². The Bertz CT molecular complexity index is 515. The number of halogens is 2. The lowest BCUT2D eigenvalue weighted by Gasteiger charge is -2.18. The molecule has 0 radical (unpaired) electrons. The van der Waals surface area contributed by atoms with Crippen LogP contribution in [0.5, 0.6) is 5.75 Å². The number of ether oxygens (including phenoxy) is 1. The highest BCUT2D eigenvalue weighted by Gasteiger charge is 2.14. The van der Waals surface area contributed by atoms with Gasteiger partial charge >= 0.3 is 0 Å². The zero-order chi connectivity index (χ0) is 13.0. The number of rotatable bonds is 4. The standard InChI is InChI=1S/C14H13ClFNO/c15-13-4-2-1-3-12(13)14(9-17)18-11-7-5-10(16)6-8-11/h1-8,14H,9,17H2. The summed E-state index contributed by atoms with van der Waals surface area (Å²) >= 11 is 6.09. The first kappa shape index (κ1) is 12.9. The third-order valence-corrected chi connectivity index (χ3v) is 2.90. The Morgan fingerprint density at radius 2 is 1.78 bits per heavy atom. The third kappa shape index (κ3) is 3.00. The van der Waals surface area contributed by atoms with Gasteiger partial charge in [-0.25, -0.2) is 4.39 Å². The van der Waals surface area contributed by atoms with E-state index >= 15 is 0 Å². The largest absolute Gasteiger partial charge is 0.484 e. The Balaban J connectivity index is 2.20. The van der Waals surface area contributed by atoms with Crippen LogP contribution in [-0.2, 0) is 0 Å². The van der Waals surface area contributed by atoms with Crippen molar-refractivity contribution in [2.45, 2.75) is 6.10 Å². The number of hydrogen-bond donors (Lipinski definition) is 1. The van der Waals surface area contributed by atoms with Crippen LogP contribution in [0.4, 0.5) is 4.39 Å². The molecule has 2 aromatic rings. The van der Waals surface area contributed by atoms with Gasteiger partial charge in [-0.05, 0) is 30.3 Å². The van der Waals surface area contributed by atoms with Crippen molar-refractivity contribution in [2.75, 3.05) is 6.54 Å². The summed E-state index contributed by atoms with van der Waals surface area (Å²) in [4.78, 5) is 0. The predicted octanol–water partition coefficient (Wildman–Crippen LogP) is 3.56. The van der Waals surface area contributed by atoms with Crippen molar-refractivity contribution in [2.24, 2.45) is 5.73 Å². The first-order chi connectivity index (χ1) is 8.70. The summed E-state index contributed by atoms with van der Waals surface area (Å²) in [7, 11) is 0. The maximum atomic E-state index is 12.8. The SMILES string of the molecule is NCC(Oc1ccc(F)cc1)c1ccccc1Cl. The van der Waals surface area contributed by atoms with Crippen molar-refractivity contribution >= 4 is 11.6 Å². The minimum atomic E-state index is -0.343. The van der Waals surface area contributed by atoms with Crippen LogP contribution in [0.25, 0.3) is 0 Å². The van der Waals surface area contributed by atoms with E-state index in [1.54, 1.807) is 18.2 Å². The molecule has 0 aliphatic rings. The fourth-order valence-corrected chi connectivity index (χ4v) is 1.91. The van der Waals surface area contributed by atoms with E-state index in [-0.39, 0.29) is 11.9 Å². The molecule has 0 amide bonds. The second-order valence-corrected chi connectivity index (χ2v) is 4.22. The second-order valence-electron chi connectivity index (χ2n) is 3.82. The number of benzene rings is 2. The van der Waals surface area contributed by atoms with Crippen molar-refractivity contribution in [1.82, 2.24) is 0 Å². The molecule has 0 aromatic heterocycles. The average molecular weight is 266 g/mol. The topological polar surface area (TPSA) is 35.2 Å². The summed E-state index contributed by atoms with van der Waals surface area (Å²) in [6.07, 6.45) is -0.343. The summed E-state index contributed by atoms with van der Waals surface area (Å²) in [5.41, 5.74) is 6.52. The zero-order valence-electron chi connectivity index (χ0n) is 9.64. The lowest BCUT2D eigenvalue weighted by atomic mass is 10.1. The molecular formula is C14H13ClFNO. The first-order valence-electron chi connectivity index (χ1n) is 5.57. The smallest absolute Gasteiger partial charge is 0.137 e. The van der Waals surface area contributed by atoms with Gasteiger partial charge in [0.25, 0.3) is 0 Å². The molecular weight excluding hydrogens is 253 g/mol. The molecule has 4 heteroatoms. The lowest BCUT2D eigenvalue weighted by molar-refractivity contribution is 0.214. The molecule has 0 bridgehead atoms. The summed E-state index contributed by atoms with van der Waals surface area (Å²) in [6, 6.07) is 13.2. The summed E-state index contributed by atoms with van der Waals surface area (Å²) < 4.78 is 18.5. The molecule has 2 aromatic carbocycles. The summed E-state index contributed by atoms with van der Waals surface area (Å²) in [6.45, 7) is 0.293. The van der Waals surface area contributed by atoms with E-state index < -0.39 is 0 Å². The molecule has 0 aliphatic heterocycles. The predicted molar refractivity (Wildman–Crippen MR) is 70.3 cm³/mol. The Labute approximate surface area is 110 Å². The van der Waals surface area contributed by atoms with Crippen LogP contribution in [0.1, 0.15) is 11.7 Å². The van der Waals surface area contributed by atoms with E-state index in [4.69, 9.17) is 22.1 Å². The van der Waals surface area contributed by atoms with Gasteiger partial charge < -0.3 is 10.5 Å². The Morgan fingerprint density at radius 1 is 1.11 bits per heavy atom. The van der Waals surface area contributed by atoms with Gasteiger partial charge in [0, 0.05) is 17.1 Å². The molecule has 2 nitrogen and oxygen atoms in total. The van der Waals surface area contributed by atoms with Crippen LogP contribution in [0, 0.1) is 5.82 Å². The molecule has 2 rings (SSSR count). The molecule has 0 aliphatic carbocycles. The van der Waals surface area contributed by atoms with Gasteiger partial charge in [0.05, 0.1) is 0 Å². The quantitative estimate of drug-likeness (QED) is 0.917. The van der Waals surface area contributed by atoms with E-state index in [9.17, 15) is 4.39 Å². The van der Waals surface area contributed by atoms with E-state index in [1.165, 1.54) is 12.1 Å². The Kier molecular flexibility index (Phi) is 4.18. The highest BCUT2D eigenvalue weighted by Crippen LogP contribution is 2.26. The van der Waals surface area contributed by atoms with Crippen LogP contribution in [0.15, 0.2) is 48.5 Å². The minimum Gasteiger partial charge on any atom is -0.484 e. The molecule has 0 fully saturated rings. The summed E-state index contributed by atoms with van der Waals surface area (Å²) in [5, 5.41) is 0.607.